The second kappa shape index (κ2) is 9.41. The number of hydrogen-bond donors (Lipinski definition) is 0. The van der Waals surface area contributed by atoms with Crippen molar-refractivity contribution >= 4 is 39.2 Å². The Labute approximate surface area is 176 Å². The van der Waals surface area contributed by atoms with Gasteiger partial charge in [-0.05, 0) is 18.2 Å². The zero-order valence-corrected chi connectivity index (χ0v) is 18.2. The van der Waals surface area contributed by atoms with E-state index in [4.69, 9.17) is 11.6 Å². The zero-order valence-electron chi connectivity index (χ0n) is 15.8. The van der Waals surface area contributed by atoms with Crippen LogP contribution in [0.15, 0.2) is 33.8 Å². The molecule has 0 amide bonds. The van der Waals surface area contributed by atoms with Gasteiger partial charge in [-0.2, -0.15) is 17.5 Å². The summed E-state index contributed by atoms with van der Waals surface area (Å²) < 4.78 is 65.5. The number of hydrogen-bond acceptors (Lipinski definition) is 6. The topological polar surface area (TPSA) is 71.9 Å². The second-order valence-corrected chi connectivity index (χ2v) is 9.44. The van der Waals surface area contributed by atoms with Gasteiger partial charge in [0.25, 0.3) is 10.0 Å². The summed E-state index contributed by atoms with van der Waals surface area (Å²) in [6.45, 7) is 4.09. The third-order valence-corrected chi connectivity index (χ3v) is 8.00. The summed E-state index contributed by atoms with van der Waals surface area (Å²) in [6.07, 6.45) is -2.60. The van der Waals surface area contributed by atoms with E-state index >= 15 is 0 Å². The summed E-state index contributed by atoms with van der Waals surface area (Å²) in [4.78, 5) is 9.03. The molecule has 0 spiro atoms. The van der Waals surface area contributed by atoms with Crippen molar-refractivity contribution in [2.24, 2.45) is 5.16 Å². The predicted octanol–water partition coefficient (Wildman–Crippen LogP) is 4.61. The van der Waals surface area contributed by atoms with Crippen molar-refractivity contribution in [3.05, 3.63) is 45.6 Å². The quantitative estimate of drug-likeness (QED) is 0.418. The number of oxime groups is 1. The van der Waals surface area contributed by atoms with Crippen LogP contribution >= 0.6 is 22.9 Å². The maximum atomic E-state index is 12.9. The number of rotatable bonds is 8. The highest BCUT2D eigenvalue weighted by Crippen LogP contribution is 2.37. The number of alkyl halides is 3. The molecule has 0 aliphatic carbocycles. The van der Waals surface area contributed by atoms with E-state index in [0.29, 0.717) is 24.2 Å². The molecule has 12 heteroatoms. The van der Waals surface area contributed by atoms with Gasteiger partial charge in [0.15, 0.2) is 0 Å². The smallest absolute Gasteiger partial charge is 0.399 e. The number of nitrogens with zero attached hydrogens (tertiary/aromatic N) is 3. The van der Waals surface area contributed by atoms with E-state index in [1.807, 2.05) is 0 Å². The number of pyridine rings is 1. The van der Waals surface area contributed by atoms with Crippen molar-refractivity contribution in [3.63, 3.8) is 0 Å². The largest absolute Gasteiger partial charge is 0.417 e. The third kappa shape index (κ3) is 5.27. The summed E-state index contributed by atoms with van der Waals surface area (Å²) in [5, 5.41) is 3.46. The maximum absolute atomic E-state index is 12.9. The molecular weight excluding hydrogens is 451 g/mol. The molecule has 0 N–H and O–H groups in total. The van der Waals surface area contributed by atoms with E-state index < -0.39 is 27.7 Å². The third-order valence-electron chi connectivity index (χ3n) is 4.02. The molecule has 29 heavy (non-hydrogen) atoms. The number of thiophene rings is 1. The molecular formula is C17H19ClF3N3O3S2. The van der Waals surface area contributed by atoms with Crippen molar-refractivity contribution in [1.82, 2.24) is 9.29 Å². The molecule has 0 bridgehead atoms. The van der Waals surface area contributed by atoms with Gasteiger partial charge in [-0.25, -0.2) is 8.42 Å². The van der Waals surface area contributed by atoms with Gasteiger partial charge in [-0.3, -0.25) is 4.98 Å². The second-order valence-electron chi connectivity index (χ2n) is 5.75. The van der Waals surface area contributed by atoms with Crippen LogP contribution in [0.5, 0.6) is 0 Å². The molecule has 0 saturated carbocycles. The lowest BCUT2D eigenvalue weighted by Crippen LogP contribution is -2.29. The Morgan fingerprint density at radius 1 is 1.34 bits per heavy atom. The molecule has 2 rings (SSSR count). The lowest BCUT2D eigenvalue weighted by molar-refractivity contribution is -0.137. The molecule has 2 aromatic rings. The Bertz CT molecular complexity index is 974. The summed E-state index contributed by atoms with van der Waals surface area (Å²) in [6, 6.07) is 3.78. The first kappa shape index (κ1) is 23.6. The highest BCUT2D eigenvalue weighted by molar-refractivity contribution is 7.91. The standard InChI is InChI=1S/C17H19ClF3N3O3S2/c1-4-24(5-2)29(25,26)15-7-6-14(28-15)12(10-23-27-3)16-13(18)8-11(9-22-16)17(19,20)21/h6-10,12H,4-5H2,1-3H3/b23-10-/t12-/m1/s1. The average molecular weight is 470 g/mol. The Morgan fingerprint density at radius 3 is 2.52 bits per heavy atom. The lowest BCUT2D eigenvalue weighted by Gasteiger charge is -2.17. The van der Waals surface area contributed by atoms with E-state index in [1.165, 1.54) is 23.7 Å². The highest BCUT2D eigenvalue weighted by atomic mass is 35.5. The van der Waals surface area contributed by atoms with Crippen LogP contribution in [0.2, 0.25) is 5.02 Å². The minimum atomic E-state index is -4.58. The van der Waals surface area contributed by atoms with Crippen LogP contribution in [0.1, 0.15) is 35.9 Å². The first-order valence-corrected chi connectivity index (χ1v) is 11.1. The van der Waals surface area contributed by atoms with Crippen LogP contribution in [0, 0.1) is 0 Å². The molecule has 2 aromatic heterocycles. The Morgan fingerprint density at radius 2 is 2.00 bits per heavy atom. The normalized spacial score (nSPS) is 13.9. The molecule has 0 aliphatic heterocycles. The first-order chi connectivity index (χ1) is 13.6. The van der Waals surface area contributed by atoms with E-state index in [2.05, 4.69) is 15.0 Å². The molecule has 1 atom stereocenters. The van der Waals surface area contributed by atoms with Gasteiger partial charge in [-0.1, -0.05) is 30.6 Å². The van der Waals surface area contributed by atoms with E-state index in [9.17, 15) is 21.6 Å². The Balaban J connectivity index is 2.51. The van der Waals surface area contributed by atoms with Crippen molar-refractivity contribution in [1.29, 1.82) is 0 Å². The molecule has 2 heterocycles. The SMILES string of the molecule is CCN(CC)S(=O)(=O)c1ccc([C@@H](/C=N\OC)c2ncc(C(F)(F)F)cc2Cl)s1. The molecule has 0 aromatic carbocycles. The number of sulfonamides is 1. The minimum absolute atomic E-state index is 0.106. The summed E-state index contributed by atoms with van der Waals surface area (Å²) in [5.41, 5.74) is -0.876. The molecule has 0 radical (unpaired) electrons. The van der Waals surface area contributed by atoms with Gasteiger partial charge in [-0.15, -0.1) is 11.3 Å². The van der Waals surface area contributed by atoms with Gasteiger partial charge in [0.1, 0.15) is 11.3 Å². The van der Waals surface area contributed by atoms with Crippen molar-refractivity contribution < 1.29 is 26.4 Å². The van der Waals surface area contributed by atoms with Crippen molar-refractivity contribution in [3.8, 4) is 0 Å². The Kier molecular flexibility index (Phi) is 7.66. The summed E-state index contributed by atoms with van der Waals surface area (Å²) >= 11 is 7.04. The van der Waals surface area contributed by atoms with Crippen molar-refractivity contribution in [2.45, 2.75) is 30.2 Å². The molecule has 0 saturated heterocycles. The fraction of sp³-hybridized carbons (Fsp3) is 0.412. The lowest BCUT2D eigenvalue weighted by atomic mass is 10.0. The monoisotopic (exact) mass is 469 g/mol. The van der Waals surface area contributed by atoms with E-state index in [0.717, 1.165) is 17.4 Å². The molecule has 0 unspecified atom stereocenters. The summed E-state index contributed by atoms with van der Waals surface area (Å²) in [5.74, 6) is -0.782. The minimum Gasteiger partial charge on any atom is -0.399 e. The van der Waals surface area contributed by atoms with Crippen LogP contribution in [-0.4, -0.2) is 44.1 Å². The van der Waals surface area contributed by atoms with Gasteiger partial charge < -0.3 is 4.84 Å². The Hall–Kier alpha value is -1.69. The molecule has 6 nitrogen and oxygen atoms in total. The predicted molar refractivity (Wildman–Crippen MR) is 106 cm³/mol. The number of halogens is 4. The van der Waals surface area contributed by atoms with Gasteiger partial charge in [0.2, 0.25) is 0 Å². The van der Waals surface area contributed by atoms with Crippen LogP contribution in [0.25, 0.3) is 0 Å². The summed E-state index contributed by atoms with van der Waals surface area (Å²) in [7, 11) is -2.37. The fourth-order valence-electron chi connectivity index (χ4n) is 2.56. The van der Waals surface area contributed by atoms with Crippen LogP contribution in [-0.2, 0) is 21.0 Å². The van der Waals surface area contributed by atoms with E-state index in [1.54, 1.807) is 19.9 Å². The van der Waals surface area contributed by atoms with Crippen LogP contribution in [0.4, 0.5) is 13.2 Å². The van der Waals surface area contributed by atoms with Crippen molar-refractivity contribution in [2.75, 3.05) is 20.2 Å². The fourth-order valence-corrected chi connectivity index (χ4v) is 5.85. The first-order valence-electron chi connectivity index (χ1n) is 8.45. The molecule has 0 aliphatic rings. The van der Waals surface area contributed by atoms with E-state index in [-0.39, 0.29) is 14.9 Å². The molecule has 0 fully saturated rings. The van der Waals surface area contributed by atoms with Crippen LogP contribution < -0.4 is 0 Å². The molecule has 160 valence electrons. The zero-order chi connectivity index (χ0) is 21.8. The highest BCUT2D eigenvalue weighted by Gasteiger charge is 2.33. The average Bonchev–Trinajstić information content (AvgIpc) is 3.14. The van der Waals surface area contributed by atoms with Gasteiger partial charge in [0, 0.05) is 24.2 Å². The number of aromatic nitrogens is 1. The van der Waals surface area contributed by atoms with Gasteiger partial charge in [0.05, 0.1) is 28.4 Å². The van der Waals surface area contributed by atoms with Gasteiger partial charge >= 0.3 is 6.18 Å². The maximum Gasteiger partial charge on any atom is 0.417 e. The van der Waals surface area contributed by atoms with Crippen LogP contribution in [0.3, 0.4) is 0 Å².